The van der Waals surface area contributed by atoms with E-state index in [1.807, 2.05) is 13.1 Å². The number of carbonyl (C=O) groups is 1. The van der Waals surface area contributed by atoms with Gasteiger partial charge in [-0.2, -0.15) is 5.10 Å². The lowest BCUT2D eigenvalue weighted by atomic mass is 10.4. The summed E-state index contributed by atoms with van der Waals surface area (Å²) in [5, 5.41) is 16.8. The van der Waals surface area contributed by atoms with Crippen LogP contribution in [0.2, 0.25) is 0 Å². The molecule has 7 nitrogen and oxygen atoms in total. The maximum absolute atomic E-state index is 11.0. The number of fused-ring (bicyclic) bond motifs is 1. The molecule has 0 aliphatic rings. The number of hydrogen-bond donors (Lipinski definition) is 1. The zero-order valence-corrected chi connectivity index (χ0v) is 14.0. The Bertz CT molecular complexity index is 606. The van der Waals surface area contributed by atoms with Crippen LogP contribution in [0.4, 0.5) is 8.78 Å². The van der Waals surface area contributed by atoms with E-state index >= 15 is 0 Å². The summed E-state index contributed by atoms with van der Waals surface area (Å²) in [6.45, 7) is 2.08. The van der Waals surface area contributed by atoms with Crippen LogP contribution in [0.5, 0.6) is 0 Å². The molecule has 0 atom stereocenters. The molecule has 130 valence electrons. The first-order valence-electron chi connectivity index (χ1n) is 6.76. The van der Waals surface area contributed by atoms with Crippen LogP contribution in [0.15, 0.2) is 18.5 Å². The maximum atomic E-state index is 11.0. The Morgan fingerprint density at radius 1 is 1.43 bits per heavy atom. The molecule has 23 heavy (non-hydrogen) atoms. The highest BCUT2D eigenvalue weighted by atomic mass is 19.3. The Balaban J connectivity index is 0.000000511. The normalized spacial score (nSPS) is 10.4. The molecule has 9 heteroatoms. The topological polar surface area (TPSA) is 81.1 Å². The van der Waals surface area contributed by atoms with Gasteiger partial charge in [0.05, 0.1) is 11.7 Å². The van der Waals surface area contributed by atoms with E-state index in [-0.39, 0.29) is 6.42 Å². The number of carboxylic acid groups (broad SMARTS) is 1. The molecule has 0 unspecified atom stereocenters. The van der Waals surface area contributed by atoms with Gasteiger partial charge in [-0.05, 0) is 13.8 Å². The van der Waals surface area contributed by atoms with E-state index in [2.05, 4.69) is 14.9 Å². The number of halogens is 2. The van der Waals surface area contributed by atoms with Crippen molar-refractivity contribution < 1.29 is 28.1 Å². The van der Waals surface area contributed by atoms with Crippen molar-refractivity contribution in [2.45, 2.75) is 32.7 Å². The molecule has 0 amide bonds. The lowest BCUT2D eigenvalue weighted by molar-refractivity contribution is -0.750. The predicted octanol–water partition coefficient (Wildman–Crippen LogP) is 1.65. The lowest BCUT2D eigenvalue weighted by Gasteiger charge is -1.94. The number of ether oxygens (including phenoxy) is 1. The van der Waals surface area contributed by atoms with Crippen molar-refractivity contribution in [2.75, 3.05) is 14.2 Å². The fourth-order valence-corrected chi connectivity index (χ4v) is 1.37. The van der Waals surface area contributed by atoms with Gasteiger partial charge in [0, 0.05) is 32.4 Å². The minimum atomic E-state index is -2.50. The fourth-order valence-electron chi connectivity index (χ4n) is 1.37. The number of nitrogens with zero attached hydrogens (tertiary/aromatic N) is 4. The second-order valence-corrected chi connectivity index (χ2v) is 5.00. The van der Waals surface area contributed by atoms with E-state index in [4.69, 9.17) is 5.11 Å². The SMILES string of the molecule is CC(C)(F)F.COC.Cn1ncc2n[n+](CCC(=O)O)ccc21. The van der Waals surface area contributed by atoms with Crippen LogP contribution in [0.1, 0.15) is 20.3 Å². The second kappa shape index (κ2) is 9.78. The first-order chi connectivity index (χ1) is 10.6. The summed E-state index contributed by atoms with van der Waals surface area (Å²) < 4.78 is 29.6. The summed E-state index contributed by atoms with van der Waals surface area (Å²) in [6.07, 6.45) is 3.49. The number of alkyl halides is 2. The van der Waals surface area contributed by atoms with Gasteiger partial charge in [-0.3, -0.25) is 9.48 Å². The second-order valence-electron chi connectivity index (χ2n) is 5.00. The van der Waals surface area contributed by atoms with Gasteiger partial charge >= 0.3 is 5.97 Å². The van der Waals surface area contributed by atoms with Gasteiger partial charge in [0.25, 0.3) is 0 Å². The van der Waals surface area contributed by atoms with Crippen molar-refractivity contribution in [3.05, 3.63) is 18.5 Å². The summed E-state index contributed by atoms with van der Waals surface area (Å²) >= 11 is 0. The summed E-state index contributed by atoms with van der Waals surface area (Å²) in [5.41, 5.74) is 1.70. The van der Waals surface area contributed by atoms with Crippen LogP contribution in [0.3, 0.4) is 0 Å². The van der Waals surface area contributed by atoms with Gasteiger partial charge in [-0.15, -0.1) is 0 Å². The molecule has 2 rings (SSSR count). The van der Waals surface area contributed by atoms with Gasteiger partial charge in [0.15, 0.2) is 18.3 Å². The Morgan fingerprint density at radius 3 is 2.43 bits per heavy atom. The van der Waals surface area contributed by atoms with Gasteiger partial charge in [0.2, 0.25) is 5.92 Å². The van der Waals surface area contributed by atoms with Crippen LogP contribution >= 0.6 is 0 Å². The highest BCUT2D eigenvalue weighted by molar-refractivity contribution is 5.72. The first kappa shape index (κ1) is 20.8. The van der Waals surface area contributed by atoms with Crippen molar-refractivity contribution >= 4 is 17.0 Å². The summed E-state index contributed by atoms with van der Waals surface area (Å²) in [6, 6.07) is 1.87. The van der Waals surface area contributed by atoms with Crippen LogP contribution in [0, 0.1) is 0 Å². The van der Waals surface area contributed by atoms with Crippen molar-refractivity contribution in [1.29, 1.82) is 0 Å². The van der Waals surface area contributed by atoms with E-state index in [0.29, 0.717) is 6.54 Å². The minimum Gasteiger partial charge on any atom is -0.481 e. The largest absolute Gasteiger partial charge is 0.481 e. The third kappa shape index (κ3) is 10.2. The number of methoxy groups -OCH3 is 1. The number of hydrogen-bond acceptors (Lipinski definition) is 4. The number of rotatable bonds is 3. The standard InChI is InChI=1S/C9H10N4O2.C3H6F2.C2H6O/c1-12-8-2-4-13(5-3-9(14)15)11-7(8)6-10-12;1-3(2,4)5;1-3-2/h2,4,6H,3,5H2,1H3;1-2H3;1-2H3/p+1. The average molecular weight is 333 g/mol. The Hall–Kier alpha value is -2.16. The number of aryl methyl sites for hydroxylation is 2. The molecule has 1 N–H and O–H groups in total. The Kier molecular flexibility index (Phi) is 8.86. The molecule has 0 aliphatic heterocycles. The highest BCUT2D eigenvalue weighted by Crippen LogP contribution is 2.06. The van der Waals surface area contributed by atoms with E-state index < -0.39 is 11.9 Å². The molecule has 0 radical (unpaired) electrons. The van der Waals surface area contributed by atoms with Crippen LogP contribution in [-0.2, 0) is 23.1 Å². The van der Waals surface area contributed by atoms with Crippen molar-refractivity contribution in [2.24, 2.45) is 7.05 Å². The zero-order valence-electron chi connectivity index (χ0n) is 14.0. The van der Waals surface area contributed by atoms with Crippen molar-refractivity contribution in [3.8, 4) is 0 Å². The lowest BCUT2D eigenvalue weighted by Crippen LogP contribution is -2.38. The summed E-state index contributed by atoms with van der Waals surface area (Å²) in [7, 11) is 5.09. The summed E-state index contributed by atoms with van der Waals surface area (Å²) in [5.74, 6) is -3.32. The van der Waals surface area contributed by atoms with E-state index in [1.165, 1.54) is 0 Å². The van der Waals surface area contributed by atoms with E-state index in [9.17, 15) is 13.6 Å². The average Bonchev–Trinajstić information content (AvgIpc) is 2.77. The van der Waals surface area contributed by atoms with Crippen molar-refractivity contribution in [3.63, 3.8) is 0 Å². The third-order valence-corrected chi connectivity index (χ3v) is 2.16. The molecule has 2 aromatic heterocycles. The molecular formula is C14H23F2N4O3+. The van der Waals surface area contributed by atoms with Crippen LogP contribution in [0.25, 0.3) is 11.0 Å². The van der Waals surface area contributed by atoms with Gasteiger partial charge in [0.1, 0.15) is 6.42 Å². The van der Waals surface area contributed by atoms with Gasteiger partial charge in [-0.25, -0.2) is 8.78 Å². The number of carboxylic acids is 1. The Morgan fingerprint density at radius 2 is 1.96 bits per heavy atom. The summed E-state index contributed by atoms with van der Waals surface area (Å²) in [4.78, 5) is 10.4. The Labute approximate surface area is 133 Å². The van der Waals surface area contributed by atoms with Crippen LogP contribution in [-0.4, -0.2) is 46.1 Å². The zero-order chi connectivity index (χ0) is 18.0. The first-order valence-corrected chi connectivity index (χ1v) is 6.76. The molecule has 0 aromatic carbocycles. The molecule has 2 heterocycles. The quantitative estimate of drug-likeness (QED) is 0.864. The van der Waals surface area contributed by atoms with Gasteiger partial charge < -0.3 is 9.84 Å². The predicted molar refractivity (Wildman–Crippen MR) is 80.2 cm³/mol. The van der Waals surface area contributed by atoms with E-state index in [1.54, 1.807) is 36.0 Å². The minimum absolute atomic E-state index is 0.0729. The fraction of sp³-hybridized carbons (Fsp3) is 0.571. The van der Waals surface area contributed by atoms with Gasteiger partial charge in [-0.1, -0.05) is 4.68 Å². The molecule has 0 saturated carbocycles. The van der Waals surface area contributed by atoms with E-state index in [0.717, 1.165) is 24.9 Å². The number of aliphatic carboxylic acids is 1. The van der Waals surface area contributed by atoms with Crippen molar-refractivity contribution in [1.82, 2.24) is 14.9 Å². The number of aromatic nitrogens is 4. The van der Waals surface area contributed by atoms with Crippen LogP contribution < -0.4 is 4.68 Å². The monoisotopic (exact) mass is 333 g/mol. The molecule has 0 spiro atoms. The molecule has 0 bridgehead atoms. The highest BCUT2D eigenvalue weighted by Gasteiger charge is 2.10. The molecule has 2 aromatic rings. The molecule has 0 fully saturated rings. The smallest absolute Gasteiger partial charge is 0.309 e. The maximum Gasteiger partial charge on any atom is 0.309 e. The third-order valence-electron chi connectivity index (χ3n) is 2.16. The molecule has 0 aliphatic carbocycles. The molecule has 0 saturated heterocycles. The molecular weight excluding hydrogens is 310 g/mol.